The fourth-order valence-corrected chi connectivity index (χ4v) is 2.94. The topological polar surface area (TPSA) is 25.8 Å². The molecule has 1 aromatic carbocycles. The number of hydrogen-bond donors (Lipinski definition) is 0. The van der Waals surface area contributed by atoms with Crippen molar-refractivity contribution in [3.05, 3.63) is 57.6 Å². The van der Waals surface area contributed by atoms with Gasteiger partial charge in [-0.2, -0.15) is 0 Å². The van der Waals surface area contributed by atoms with Gasteiger partial charge < -0.3 is 0 Å². The lowest BCUT2D eigenvalue weighted by molar-refractivity contribution is 0.553. The molecule has 1 aliphatic rings. The van der Waals surface area contributed by atoms with Gasteiger partial charge in [0.15, 0.2) is 0 Å². The summed E-state index contributed by atoms with van der Waals surface area (Å²) in [7, 11) is 0. The number of halogens is 1. The van der Waals surface area contributed by atoms with Crippen molar-refractivity contribution >= 4 is 11.6 Å². The van der Waals surface area contributed by atoms with Crippen LogP contribution in [0.15, 0.2) is 24.3 Å². The van der Waals surface area contributed by atoms with Gasteiger partial charge >= 0.3 is 0 Å². The minimum Gasteiger partial charge on any atom is -0.238 e. The summed E-state index contributed by atoms with van der Waals surface area (Å²) in [5.74, 6) is 1.30. The second kappa shape index (κ2) is 4.93. The molecule has 2 aromatic rings. The second-order valence-electron chi connectivity index (χ2n) is 5.29. The highest BCUT2D eigenvalue weighted by Gasteiger charge is 2.23. The summed E-state index contributed by atoms with van der Waals surface area (Å²) >= 11 is 6.19. The zero-order valence-electron chi connectivity index (χ0n) is 11.3. The van der Waals surface area contributed by atoms with E-state index in [9.17, 15) is 0 Å². The van der Waals surface area contributed by atoms with Crippen LogP contribution in [-0.2, 0) is 12.8 Å². The largest absolute Gasteiger partial charge is 0.238 e. The molecular formula is C16H17ClN2. The van der Waals surface area contributed by atoms with Gasteiger partial charge in [-0.1, -0.05) is 35.9 Å². The molecule has 1 aromatic heterocycles. The first-order valence-corrected chi connectivity index (χ1v) is 7.10. The Kier molecular flexibility index (Phi) is 3.28. The summed E-state index contributed by atoms with van der Waals surface area (Å²) in [5.41, 5.74) is 4.88. The van der Waals surface area contributed by atoms with Crippen LogP contribution in [0.3, 0.4) is 0 Å². The Bertz CT molecular complexity index is 599. The van der Waals surface area contributed by atoms with Crippen LogP contribution in [0.5, 0.6) is 0 Å². The molecular weight excluding hydrogens is 256 g/mol. The third-order valence-corrected chi connectivity index (χ3v) is 4.43. The van der Waals surface area contributed by atoms with E-state index in [1.807, 2.05) is 13.8 Å². The molecule has 0 bridgehead atoms. The van der Waals surface area contributed by atoms with Crippen LogP contribution in [0.4, 0.5) is 0 Å². The van der Waals surface area contributed by atoms with Gasteiger partial charge in [0.2, 0.25) is 0 Å². The molecule has 0 saturated carbocycles. The number of rotatable bonds is 1. The summed E-state index contributed by atoms with van der Waals surface area (Å²) in [6, 6.07) is 8.65. The molecule has 0 spiro atoms. The van der Waals surface area contributed by atoms with Crippen molar-refractivity contribution in [3.63, 3.8) is 0 Å². The van der Waals surface area contributed by atoms with Gasteiger partial charge in [0.1, 0.15) is 11.0 Å². The maximum absolute atomic E-state index is 6.19. The molecule has 1 atom stereocenters. The number of fused-ring (bicyclic) bond motifs is 1. The van der Waals surface area contributed by atoms with Crippen LogP contribution in [0, 0.1) is 13.8 Å². The van der Waals surface area contributed by atoms with Crippen molar-refractivity contribution in [2.45, 2.75) is 39.0 Å². The zero-order valence-corrected chi connectivity index (χ0v) is 12.0. The molecule has 3 heteroatoms. The lowest BCUT2D eigenvalue weighted by atomic mass is 9.83. The van der Waals surface area contributed by atoms with Gasteiger partial charge in [-0.3, -0.25) is 0 Å². The van der Waals surface area contributed by atoms with Crippen molar-refractivity contribution in [2.24, 2.45) is 0 Å². The number of aromatic nitrogens is 2. The normalized spacial score (nSPS) is 18.2. The van der Waals surface area contributed by atoms with Crippen LogP contribution >= 0.6 is 11.6 Å². The first-order chi connectivity index (χ1) is 9.15. The van der Waals surface area contributed by atoms with Crippen LogP contribution in [0.25, 0.3) is 0 Å². The van der Waals surface area contributed by atoms with Crippen molar-refractivity contribution in [3.8, 4) is 0 Å². The maximum Gasteiger partial charge on any atom is 0.135 e. The molecule has 19 heavy (non-hydrogen) atoms. The lowest BCUT2D eigenvalue weighted by Gasteiger charge is -2.24. The number of benzene rings is 1. The molecule has 0 fully saturated rings. The van der Waals surface area contributed by atoms with Crippen LogP contribution < -0.4 is 0 Å². The monoisotopic (exact) mass is 272 g/mol. The summed E-state index contributed by atoms with van der Waals surface area (Å²) in [4.78, 5) is 9.12. The Morgan fingerprint density at radius 1 is 1.11 bits per heavy atom. The van der Waals surface area contributed by atoms with E-state index < -0.39 is 0 Å². The van der Waals surface area contributed by atoms with Gasteiger partial charge in [-0.25, -0.2) is 9.97 Å². The molecule has 2 nitrogen and oxygen atoms in total. The van der Waals surface area contributed by atoms with E-state index in [0.717, 1.165) is 36.3 Å². The average Bonchev–Trinajstić information content (AvgIpc) is 2.43. The van der Waals surface area contributed by atoms with Crippen molar-refractivity contribution < 1.29 is 0 Å². The minimum atomic E-state index is 0.395. The molecule has 0 amide bonds. The van der Waals surface area contributed by atoms with E-state index in [-0.39, 0.29) is 0 Å². The zero-order chi connectivity index (χ0) is 13.4. The van der Waals surface area contributed by atoms with E-state index in [1.165, 1.54) is 11.1 Å². The van der Waals surface area contributed by atoms with Crippen LogP contribution in [-0.4, -0.2) is 9.97 Å². The standard InChI is InChI=1S/C16H17ClN2/c1-10-11(2)18-16(19-15(10)17)14-8-7-12-5-3-4-6-13(12)9-14/h3-6,14H,7-9H2,1-2H3. The fourth-order valence-electron chi connectivity index (χ4n) is 2.72. The van der Waals surface area contributed by atoms with Gasteiger partial charge in [0.25, 0.3) is 0 Å². The van der Waals surface area contributed by atoms with E-state index in [1.54, 1.807) is 0 Å². The Balaban J connectivity index is 1.93. The minimum absolute atomic E-state index is 0.395. The van der Waals surface area contributed by atoms with Gasteiger partial charge in [-0.05, 0) is 44.2 Å². The predicted octanol–water partition coefficient (Wildman–Crippen LogP) is 4.02. The highest BCUT2D eigenvalue weighted by atomic mass is 35.5. The Hall–Kier alpha value is -1.41. The molecule has 1 heterocycles. The van der Waals surface area contributed by atoms with Crippen LogP contribution in [0.2, 0.25) is 5.15 Å². The summed E-state index contributed by atoms with van der Waals surface area (Å²) in [5, 5.41) is 0.598. The third-order valence-electron chi connectivity index (χ3n) is 4.06. The first-order valence-electron chi connectivity index (χ1n) is 6.72. The molecule has 0 saturated heterocycles. The summed E-state index contributed by atoms with van der Waals surface area (Å²) < 4.78 is 0. The average molecular weight is 273 g/mol. The number of aryl methyl sites for hydroxylation is 2. The smallest absolute Gasteiger partial charge is 0.135 e. The van der Waals surface area contributed by atoms with Crippen molar-refractivity contribution in [1.29, 1.82) is 0 Å². The predicted molar refractivity (Wildman–Crippen MR) is 77.7 cm³/mol. The molecule has 1 unspecified atom stereocenters. The molecule has 3 rings (SSSR count). The fraction of sp³-hybridized carbons (Fsp3) is 0.375. The van der Waals surface area contributed by atoms with Crippen molar-refractivity contribution in [1.82, 2.24) is 9.97 Å². The van der Waals surface area contributed by atoms with E-state index in [2.05, 4.69) is 34.2 Å². The Labute approximate surface area is 118 Å². The van der Waals surface area contributed by atoms with E-state index >= 15 is 0 Å². The third kappa shape index (κ3) is 2.37. The summed E-state index contributed by atoms with van der Waals surface area (Å²) in [6.45, 7) is 3.97. The van der Waals surface area contributed by atoms with Gasteiger partial charge in [0.05, 0.1) is 0 Å². The molecule has 1 aliphatic carbocycles. The number of hydrogen-bond acceptors (Lipinski definition) is 2. The Morgan fingerprint density at radius 3 is 2.58 bits per heavy atom. The number of nitrogens with zero attached hydrogens (tertiary/aromatic N) is 2. The van der Waals surface area contributed by atoms with Crippen LogP contribution in [0.1, 0.15) is 40.5 Å². The second-order valence-corrected chi connectivity index (χ2v) is 5.65. The molecule has 0 radical (unpaired) electrons. The quantitative estimate of drug-likeness (QED) is 0.733. The van der Waals surface area contributed by atoms with Gasteiger partial charge in [0, 0.05) is 17.2 Å². The van der Waals surface area contributed by atoms with Gasteiger partial charge in [-0.15, -0.1) is 0 Å². The Morgan fingerprint density at radius 2 is 1.84 bits per heavy atom. The lowest BCUT2D eigenvalue weighted by Crippen LogP contribution is -2.16. The first kappa shape index (κ1) is 12.6. The summed E-state index contributed by atoms with van der Waals surface area (Å²) in [6.07, 6.45) is 3.24. The molecule has 0 N–H and O–H groups in total. The van der Waals surface area contributed by atoms with E-state index in [4.69, 9.17) is 11.6 Å². The highest BCUT2D eigenvalue weighted by Crippen LogP contribution is 2.32. The SMILES string of the molecule is Cc1nc(C2CCc3ccccc3C2)nc(Cl)c1C. The van der Waals surface area contributed by atoms with Crippen molar-refractivity contribution in [2.75, 3.05) is 0 Å². The van der Waals surface area contributed by atoms with E-state index in [0.29, 0.717) is 11.1 Å². The highest BCUT2D eigenvalue weighted by molar-refractivity contribution is 6.30. The molecule has 0 aliphatic heterocycles. The molecule has 98 valence electrons. The maximum atomic E-state index is 6.19.